The first-order chi connectivity index (χ1) is 11.2. The number of benzene rings is 2. The van der Waals surface area contributed by atoms with E-state index in [1.165, 1.54) is 17.7 Å². The molecule has 2 aromatic carbocycles. The van der Waals surface area contributed by atoms with Gasteiger partial charge in [0.05, 0.1) is 19.1 Å². The second-order valence-electron chi connectivity index (χ2n) is 6.32. The Labute approximate surface area is 143 Å². The zero-order valence-corrected chi connectivity index (χ0v) is 14.3. The molecule has 2 aromatic rings. The Balaban J connectivity index is 1.47. The van der Waals surface area contributed by atoms with Gasteiger partial charge in [-0.25, -0.2) is 0 Å². The Morgan fingerprint density at radius 2 is 2.00 bits per heavy atom. The summed E-state index contributed by atoms with van der Waals surface area (Å²) in [7, 11) is 0. The molecule has 1 aliphatic rings. The summed E-state index contributed by atoms with van der Waals surface area (Å²) in [6.45, 7) is 5.49. The first-order valence-corrected chi connectivity index (χ1v) is 8.61. The van der Waals surface area contributed by atoms with Gasteiger partial charge in [-0.2, -0.15) is 0 Å². The molecule has 0 aromatic heterocycles. The minimum atomic E-state index is 0.457. The standard InChI is InChI=1S/C19H23N3S/c1-15-6-5-9-17(12-15)20-19(23)21-18-10-11-22(14-18)13-16-7-3-2-4-8-16/h2-9,12,18H,10-11,13-14H2,1H3,(H2,20,21,23)/p+1/t18-/m1/s1. The van der Waals surface area contributed by atoms with E-state index in [2.05, 4.69) is 60.0 Å². The van der Waals surface area contributed by atoms with Crippen LogP contribution >= 0.6 is 12.2 Å². The molecule has 0 aliphatic carbocycles. The van der Waals surface area contributed by atoms with E-state index in [1.54, 1.807) is 4.90 Å². The van der Waals surface area contributed by atoms with Gasteiger partial charge in [0, 0.05) is 17.7 Å². The van der Waals surface area contributed by atoms with E-state index < -0.39 is 0 Å². The van der Waals surface area contributed by atoms with Gasteiger partial charge in [-0.05, 0) is 36.8 Å². The molecule has 0 bridgehead atoms. The van der Waals surface area contributed by atoms with E-state index in [4.69, 9.17) is 12.2 Å². The molecular formula is C19H24N3S+. The molecule has 1 saturated heterocycles. The summed E-state index contributed by atoms with van der Waals surface area (Å²) in [6.07, 6.45) is 1.16. The Kier molecular flexibility index (Phi) is 5.26. The van der Waals surface area contributed by atoms with Crippen LogP contribution in [0.3, 0.4) is 0 Å². The Morgan fingerprint density at radius 1 is 1.17 bits per heavy atom. The van der Waals surface area contributed by atoms with E-state index in [-0.39, 0.29) is 0 Å². The van der Waals surface area contributed by atoms with Crippen LogP contribution in [0.25, 0.3) is 0 Å². The summed E-state index contributed by atoms with van der Waals surface area (Å²) in [5, 5.41) is 7.47. The molecule has 23 heavy (non-hydrogen) atoms. The predicted molar refractivity (Wildman–Crippen MR) is 99.8 cm³/mol. The normalized spacial score (nSPS) is 20.2. The first kappa shape index (κ1) is 16.0. The molecule has 0 radical (unpaired) electrons. The van der Waals surface area contributed by atoms with E-state index in [9.17, 15) is 0 Å². The largest absolute Gasteiger partial charge is 0.354 e. The van der Waals surface area contributed by atoms with E-state index in [1.807, 2.05) is 12.1 Å². The van der Waals surface area contributed by atoms with Crippen LogP contribution < -0.4 is 15.5 Å². The molecule has 0 spiro atoms. The SMILES string of the molecule is Cc1cccc(NC(=S)N[C@@H]2CC[NH+](Cc3ccccc3)C2)c1. The second kappa shape index (κ2) is 7.57. The minimum absolute atomic E-state index is 0.457. The number of hydrogen-bond donors (Lipinski definition) is 3. The zero-order chi connectivity index (χ0) is 16.1. The van der Waals surface area contributed by atoms with Gasteiger partial charge in [0.25, 0.3) is 0 Å². The van der Waals surface area contributed by atoms with Crippen molar-refractivity contribution in [3.05, 3.63) is 65.7 Å². The lowest BCUT2D eigenvalue weighted by Crippen LogP contribution is -3.09. The fraction of sp³-hybridized carbons (Fsp3) is 0.316. The third-order valence-electron chi connectivity index (χ3n) is 4.29. The average molecular weight is 326 g/mol. The lowest BCUT2D eigenvalue weighted by molar-refractivity contribution is -0.901. The molecular weight excluding hydrogens is 302 g/mol. The van der Waals surface area contributed by atoms with Crippen molar-refractivity contribution in [2.24, 2.45) is 0 Å². The van der Waals surface area contributed by atoms with Gasteiger partial charge >= 0.3 is 0 Å². The van der Waals surface area contributed by atoms with Crippen molar-refractivity contribution in [1.82, 2.24) is 5.32 Å². The highest BCUT2D eigenvalue weighted by Crippen LogP contribution is 2.09. The third-order valence-corrected chi connectivity index (χ3v) is 4.51. The monoisotopic (exact) mass is 326 g/mol. The molecule has 4 heteroatoms. The maximum atomic E-state index is 5.45. The molecule has 1 unspecified atom stereocenters. The molecule has 0 saturated carbocycles. The van der Waals surface area contributed by atoms with Gasteiger partial charge in [0.2, 0.25) is 0 Å². The highest BCUT2D eigenvalue weighted by molar-refractivity contribution is 7.80. The lowest BCUT2D eigenvalue weighted by Gasteiger charge is -2.16. The van der Waals surface area contributed by atoms with Crippen molar-refractivity contribution in [2.45, 2.75) is 25.9 Å². The quantitative estimate of drug-likeness (QED) is 0.752. The Morgan fingerprint density at radius 3 is 2.78 bits per heavy atom. The van der Waals surface area contributed by atoms with Crippen LogP contribution in [0.1, 0.15) is 17.5 Å². The molecule has 3 rings (SSSR count). The summed E-state index contributed by atoms with van der Waals surface area (Å²) in [5.74, 6) is 0. The number of anilines is 1. The molecule has 3 nitrogen and oxygen atoms in total. The van der Waals surface area contributed by atoms with Crippen LogP contribution in [0, 0.1) is 6.92 Å². The third kappa shape index (κ3) is 4.78. The number of nitrogens with one attached hydrogen (secondary N) is 3. The number of hydrogen-bond acceptors (Lipinski definition) is 1. The summed E-state index contributed by atoms with van der Waals surface area (Å²) >= 11 is 5.45. The molecule has 0 amide bonds. The van der Waals surface area contributed by atoms with Crippen molar-refractivity contribution in [1.29, 1.82) is 0 Å². The summed E-state index contributed by atoms with van der Waals surface area (Å²) < 4.78 is 0. The number of rotatable bonds is 4. The summed E-state index contributed by atoms with van der Waals surface area (Å²) in [4.78, 5) is 1.62. The van der Waals surface area contributed by atoms with Crippen LogP contribution in [0.4, 0.5) is 5.69 Å². The fourth-order valence-electron chi connectivity index (χ4n) is 3.17. The van der Waals surface area contributed by atoms with Crippen LogP contribution in [0.5, 0.6) is 0 Å². The second-order valence-corrected chi connectivity index (χ2v) is 6.73. The lowest BCUT2D eigenvalue weighted by atomic mass is 10.2. The molecule has 1 heterocycles. The van der Waals surface area contributed by atoms with Gasteiger partial charge in [0.15, 0.2) is 5.11 Å². The van der Waals surface area contributed by atoms with Gasteiger partial charge in [-0.1, -0.05) is 42.5 Å². The van der Waals surface area contributed by atoms with Crippen molar-refractivity contribution in [3.63, 3.8) is 0 Å². The predicted octanol–water partition coefficient (Wildman–Crippen LogP) is 2.14. The summed E-state index contributed by atoms with van der Waals surface area (Å²) in [6, 6.07) is 19.4. The highest BCUT2D eigenvalue weighted by atomic mass is 32.1. The number of likely N-dealkylation sites (tertiary alicyclic amines) is 1. The smallest absolute Gasteiger partial charge is 0.171 e. The number of thiocarbonyl (C=S) groups is 1. The average Bonchev–Trinajstić information content (AvgIpc) is 2.95. The van der Waals surface area contributed by atoms with Gasteiger partial charge < -0.3 is 15.5 Å². The van der Waals surface area contributed by atoms with Crippen LogP contribution in [0.2, 0.25) is 0 Å². The maximum Gasteiger partial charge on any atom is 0.171 e. The van der Waals surface area contributed by atoms with E-state index in [0.717, 1.165) is 30.3 Å². The minimum Gasteiger partial charge on any atom is -0.354 e. The fourth-order valence-corrected chi connectivity index (χ4v) is 3.46. The van der Waals surface area contributed by atoms with Crippen molar-refractivity contribution >= 4 is 23.0 Å². The zero-order valence-electron chi connectivity index (χ0n) is 13.5. The Bertz CT molecular complexity index is 657. The van der Waals surface area contributed by atoms with Gasteiger partial charge in [-0.15, -0.1) is 0 Å². The van der Waals surface area contributed by atoms with Gasteiger partial charge in [0.1, 0.15) is 6.54 Å². The van der Waals surface area contributed by atoms with Crippen LogP contribution in [0.15, 0.2) is 54.6 Å². The summed E-state index contributed by atoms with van der Waals surface area (Å²) in [5.41, 5.74) is 3.69. The molecule has 120 valence electrons. The van der Waals surface area contributed by atoms with Crippen LogP contribution in [-0.4, -0.2) is 24.2 Å². The molecule has 1 aliphatic heterocycles. The molecule has 2 atom stereocenters. The highest BCUT2D eigenvalue weighted by Gasteiger charge is 2.26. The number of quaternary nitrogens is 1. The van der Waals surface area contributed by atoms with Crippen molar-refractivity contribution in [3.8, 4) is 0 Å². The van der Waals surface area contributed by atoms with Crippen molar-refractivity contribution < 1.29 is 4.90 Å². The maximum absolute atomic E-state index is 5.45. The van der Waals surface area contributed by atoms with Crippen molar-refractivity contribution in [2.75, 3.05) is 18.4 Å². The topological polar surface area (TPSA) is 28.5 Å². The molecule has 1 fully saturated rings. The Hall–Kier alpha value is -1.91. The molecule has 3 N–H and O–H groups in total. The van der Waals surface area contributed by atoms with E-state index in [0.29, 0.717) is 6.04 Å². The van der Waals surface area contributed by atoms with Gasteiger partial charge in [-0.3, -0.25) is 0 Å². The number of aryl methyl sites for hydroxylation is 1. The first-order valence-electron chi connectivity index (χ1n) is 8.21. The van der Waals surface area contributed by atoms with E-state index >= 15 is 0 Å². The van der Waals surface area contributed by atoms with Crippen LogP contribution in [-0.2, 0) is 6.54 Å².